The van der Waals surface area contributed by atoms with Crippen molar-refractivity contribution in [2.24, 2.45) is 5.73 Å². The molecule has 0 spiro atoms. The van der Waals surface area contributed by atoms with Gasteiger partial charge < -0.3 is 25.4 Å². The Morgan fingerprint density at radius 1 is 1.36 bits per heavy atom. The van der Waals surface area contributed by atoms with Crippen LogP contribution in [0.4, 0.5) is 5.69 Å². The van der Waals surface area contributed by atoms with Crippen molar-refractivity contribution in [3.63, 3.8) is 0 Å². The maximum Gasteiger partial charge on any atom is 0.254 e. The molecule has 1 atom stereocenters. The minimum Gasteiger partial charge on any atom is -0.492 e. The van der Waals surface area contributed by atoms with Gasteiger partial charge in [0.05, 0.1) is 0 Å². The minimum absolute atomic E-state index is 0. The molecule has 1 aromatic carbocycles. The van der Waals surface area contributed by atoms with Gasteiger partial charge in [-0.1, -0.05) is 6.07 Å². The number of benzene rings is 1. The van der Waals surface area contributed by atoms with E-state index in [9.17, 15) is 4.79 Å². The Kier molecular flexibility index (Phi) is 13.2. The van der Waals surface area contributed by atoms with Crippen molar-refractivity contribution in [3.8, 4) is 5.75 Å². The van der Waals surface area contributed by atoms with E-state index in [0.717, 1.165) is 6.54 Å². The van der Waals surface area contributed by atoms with E-state index in [1.165, 1.54) is 7.11 Å². The number of anilines is 1. The molecular weight excluding hydrogens is 329 g/mol. The number of carbonyl (C=O) groups is 1. The smallest absolute Gasteiger partial charge is 0.254 e. The molecule has 0 radical (unpaired) electrons. The van der Waals surface area contributed by atoms with Gasteiger partial charge in [-0.15, -0.1) is 24.8 Å². The van der Waals surface area contributed by atoms with Gasteiger partial charge in [0.15, 0.2) is 0 Å². The fourth-order valence-corrected chi connectivity index (χ4v) is 1.54. The van der Waals surface area contributed by atoms with Crippen LogP contribution in [0.25, 0.3) is 0 Å². The zero-order valence-electron chi connectivity index (χ0n) is 13.1. The Bertz CT molecular complexity index is 430. The molecule has 0 aliphatic carbocycles. The van der Waals surface area contributed by atoms with Gasteiger partial charge in [-0.3, -0.25) is 4.79 Å². The lowest BCUT2D eigenvalue weighted by Crippen LogP contribution is -2.35. The molecule has 1 unspecified atom stereocenters. The predicted molar refractivity (Wildman–Crippen MR) is 93.5 cm³/mol. The third-order valence-corrected chi connectivity index (χ3v) is 2.70. The summed E-state index contributed by atoms with van der Waals surface area (Å²) in [6, 6.07) is 7.24. The molecular formula is C14H25Cl2N3O3. The molecule has 0 aliphatic rings. The second-order valence-electron chi connectivity index (χ2n) is 4.63. The first-order valence-electron chi connectivity index (χ1n) is 6.48. The first-order chi connectivity index (χ1) is 9.56. The molecule has 1 aromatic rings. The molecule has 0 aromatic heterocycles. The van der Waals surface area contributed by atoms with Gasteiger partial charge in [0.25, 0.3) is 5.91 Å². The third kappa shape index (κ3) is 8.41. The number of ether oxygens (including phenoxy) is 2. The molecule has 22 heavy (non-hydrogen) atoms. The summed E-state index contributed by atoms with van der Waals surface area (Å²) >= 11 is 0. The maximum absolute atomic E-state index is 11.8. The molecule has 0 fully saturated rings. The van der Waals surface area contributed by atoms with E-state index in [1.54, 1.807) is 12.1 Å². The van der Waals surface area contributed by atoms with E-state index < -0.39 is 6.10 Å². The Labute approximate surface area is 144 Å². The molecule has 1 amide bonds. The highest BCUT2D eigenvalue weighted by Crippen LogP contribution is 2.17. The number of carbonyl (C=O) groups excluding carboxylic acids is 1. The van der Waals surface area contributed by atoms with Crippen LogP contribution < -0.4 is 15.8 Å². The van der Waals surface area contributed by atoms with Crippen molar-refractivity contribution in [2.75, 3.05) is 46.2 Å². The predicted octanol–water partition coefficient (Wildman–Crippen LogP) is 1.38. The minimum atomic E-state index is -0.645. The molecule has 0 saturated carbocycles. The fraction of sp³-hybridized carbons (Fsp3) is 0.500. The Morgan fingerprint density at radius 2 is 2.05 bits per heavy atom. The number of amides is 1. The summed E-state index contributed by atoms with van der Waals surface area (Å²) in [7, 11) is 5.42. The van der Waals surface area contributed by atoms with E-state index >= 15 is 0 Å². The molecule has 0 saturated heterocycles. The van der Waals surface area contributed by atoms with Gasteiger partial charge in [0.1, 0.15) is 18.5 Å². The summed E-state index contributed by atoms with van der Waals surface area (Å²) in [6.45, 7) is 1.56. The van der Waals surface area contributed by atoms with Gasteiger partial charge in [-0.25, -0.2) is 0 Å². The highest BCUT2D eigenvalue weighted by Gasteiger charge is 2.15. The van der Waals surface area contributed by atoms with Gasteiger partial charge in [-0.2, -0.15) is 0 Å². The quantitative estimate of drug-likeness (QED) is 0.738. The zero-order chi connectivity index (χ0) is 15.0. The van der Waals surface area contributed by atoms with Gasteiger partial charge in [0, 0.05) is 32.0 Å². The molecule has 0 heterocycles. The monoisotopic (exact) mass is 353 g/mol. The number of nitrogens with zero attached hydrogens (tertiary/aromatic N) is 1. The second kappa shape index (κ2) is 12.5. The number of likely N-dealkylation sites (N-methyl/N-ethyl adjacent to an activating group) is 1. The second-order valence-corrected chi connectivity index (χ2v) is 4.63. The third-order valence-electron chi connectivity index (χ3n) is 2.70. The van der Waals surface area contributed by atoms with Crippen LogP contribution in [0.5, 0.6) is 5.75 Å². The van der Waals surface area contributed by atoms with Crippen LogP contribution >= 0.6 is 24.8 Å². The van der Waals surface area contributed by atoms with E-state index in [4.69, 9.17) is 15.2 Å². The molecule has 3 N–H and O–H groups in total. The largest absolute Gasteiger partial charge is 0.492 e. The van der Waals surface area contributed by atoms with Crippen molar-refractivity contribution in [1.82, 2.24) is 4.90 Å². The van der Waals surface area contributed by atoms with E-state index in [1.807, 2.05) is 31.1 Å². The van der Waals surface area contributed by atoms with Crippen molar-refractivity contribution in [3.05, 3.63) is 24.3 Å². The van der Waals surface area contributed by atoms with Crippen LogP contribution in [0.15, 0.2) is 24.3 Å². The summed E-state index contributed by atoms with van der Waals surface area (Å²) in [5.41, 5.74) is 6.11. The Morgan fingerprint density at radius 3 is 2.59 bits per heavy atom. The Balaban J connectivity index is 0. The average molecular weight is 354 g/mol. The fourth-order valence-electron chi connectivity index (χ4n) is 1.54. The highest BCUT2D eigenvalue weighted by atomic mass is 35.5. The van der Waals surface area contributed by atoms with Crippen LogP contribution in [-0.4, -0.2) is 57.8 Å². The number of rotatable bonds is 8. The van der Waals surface area contributed by atoms with Gasteiger partial charge in [0.2, 0.25) is 0 Å². The standard InChI is InChI=1S/C14H23N3O3.2ClH/c1-17(2)7-8-20-12-6-4-5-11(9-12)16-14(18)13(10-15)19-3;;/h4-6,9,13H,7-8,10,15H2,1-3H3,(H,16,18);2*1H. The maximum atomic E-state index is 11.8. The van der Waals surface area contributed by atoms with E-state index in [2.05, 4.69) is 5.32 Å². The van der Waals surface area contributed by atoms with Gasteiger partial charge in [-0.05, 0) is 26.2 Å². The number of halogens is 2. The van der Waals surface area contributed by atoms with Crippen molar-refractivity contribution in [2.45, 2.75) is 6.10 Å². The van der Waals surface area contributed by atoms with Crippen molar-refractivity contribution >= 4 is 36.4 Å². The van der Waals surface area contributed by atoms with Crippen LogP contribution in [0.2, 0.25) is 0 Å². The molecule has 1 rings (SSSR count). The summed E-state index contributed by atoms with van der Waals surface area (Å²) in [6.07, 6.45) is -0.645. The number of nitrogens with one attached hydrogen (secondary N) is 1. The summed E-state index contributed by atoms with van der Waals surface area (Å²) in [4.78, 5) is 13.9. The van der Waals surface area contributed by atoms with Crippen LogP contribution in [0, 0.1) is 0 Å². The molecule has 0 aliphatic heterocycles. The SMILES string of the molecule is COC(CN)C(=O)Nc1cccc(OCCN(C)C)c1.Cl.Cl. The zero-order valence-corrected chi connectivity index (χ0v) is 14.7. The number of methoxy groups -OCH3 is 1. The lowest BCUT2D eigenvalue weighted by atomic mass is 10.2. The molecule has 8 heteroatoms. The first-order valence-corrected chi connectivity index (χ1v) is 6.48. The van der Waals surface area contributed by atoms with E-state index in [-0.39, 0.29) is 37.3 Å². The van der Waals surface area contributed by atoms with Gasteiger partial charge >= 0.3 is 0 Å². The first kappa shape index (κ1) is 23.2. The topological polar surface area (TPSA) is 76.8 Å². The molecule has 128 valence electrons. The lowest BCUT2D eigenvalue weighted by molar-refractivity contribution is -0.125. The number of hydrogen-bond donors (Lipinski definition) is 2. The van der Waals surface area contributed by atoms with E-state index in [0.29, 0.717) is 18.0 Å². The van der Waals surface area contributed by atoms with Crippen LogP contribution in [0.3, 0.4) is 0 Å². The average Bonchev–Trinajstić information content (AvgIpc) is 2.40. The molecule has 0 bridgehead atoms. The lowest BCUT2D eigenvalue weighted by Gasteiger charge is -2.14. The van der Waals surface area contributed by atoms with Crippen LogP contribution in [0.1, 0.15) is 0 Å². The summed E-state index contributed by atoms with van der Waals surface area (Å²) in [5.74, 6) is 0.451. The highest BCUT2D eigenvalue weighted by molar-refractivity contribution is 5.94. The van der Waals surface area contributed by atoms with Crippen molar-refractivity contribution in [1.29, 1.82) is 0 Å². The summed E-state index contributed by atoms with van der Waals surface area (Å²) in [5, 5.41) is 2.75. The number of hydrogen-bond acceptors (Lipinski definition) is 5. The number of nitrogens with two attached hydrogens (primary N) is 1. The molecule has 6 nitrogen and oxygen atoms in total. The van der Waals surface area contributed by atoms with Crippen LogP contribution in [-0.2, 0) is 9.53 Å². The normalized spacial score (nSPS) is 11.1. The summed E-state index contributed by atoms with van der Waals surface area (Å²) < 4.78 is 10.6. The van der Waals surface area contributed by atoms with Crippen molar-refractivity contribution < 1.29 is 14.3 Å². The Hall–Kier alpha value is -1.05.